The summed E-state index contributed by atoms with van der Waals surface area (Å²) in [6.07, 6.45) is 1.47. The Kier molecular flexibility index (Phi) is 4.48. The van der Waals surface area contributed by atoms with Gasteiger partial charge >= 0.3 is 0 Å². The maximum atomic E-state index is 11.3. The first-order valence-corrected chi connectivity index (χ1v) is 6.50. The monoisotopic (exact) mass is 297 g/mol. The topological polar surface area (TPSA) is 119 Å². The summed E-state index contributed by atoms with van der Waals surface area (Å²) in [6, 6.07) is 5.75. The molecule has 0 bridgehead atoms. The van der Waals surface area contributed by atoms with E-state index in [0.29, 0.717) is 11.4 Å². The minimum atomic E-state index is -0.172. The molecule has 1 aromatic carbocycles. The highest BCUT2D eigenvalue weighted by Gasteiger charge is 2.09. The van der Waals surface area contributed by atoms with Crippen molar-refractivity contribution in [2.45, 2.75) is 20.8 Å². The second-order valence-corrected chi connectivity index (χ2v) is 4.71. The number of hydrogen-bond acceptors (Lipinski definition) is 6. The van der Waals surface area contributed by atoms with Crippen molar-refractivity contribution < 1.29 is 4.79 Å². The van der Waals surface area contributed by atoms with E-state index in [9.17, 15) is 4.79 Å². The minimum Gasteiger partial charge on any atom is -0.359 e. The van der Waals surface area contributed by atoms with Gasteiger partial charge < -0.3 is 10.6 Å². The average Bonchev–Trinajstić information content (AvgIpc) is 2.98. The first-order valence-electron chi connectivity index (χ1n) is 6.50. The first kappa shape index (κ1) is 15.2. The van der Waals surface area contributed by atoms with Crippen LogP contribution in [0.1, 0.15) is 23.9 Å². The lowest BCUT2D eigenvalue weighted by molar-refractivity contribution is -0.114. The van der Waals surface area contributed by atoms with Crippen LogP contribution in [0.5, 0.6) is 0 Å². The number of tetrazole rings is 1. The van der Waals surface area contributed by atoms with Crippen LogP contribution >= 0.6 is 0 Å². The molecule has 112 valence electrons. The van der Waals surface area contributed by atoms with E-state index in [-0.39, 0.29) is 17.3 Å². The van der Waals surface area contributed by atoms with Gasteiger partial charge in [-0.25, -0.2) is 0 Å². The predicted octanol–water partition coefficient (Wildman–Crippen LogP) is 1.75. The molecule has 1 amide bonds. The van der Waals surface area contributed by atoms with Gasteiger partial charge in [-0.15, -0.1) is 10.2 Å². The first-order chi connectivity index (χ1) is 10.5. The van der Waals surface area contributed by atoms with Crippen LogP contribution in [0.25, 0.3) is 5.57 Å². The molecule has 0 spiro atoms. The number of carbonyl (C=O) groups excluding carboxylic acids is 1. The number of rotatable bonds is 4. The smallest absolute Gasteiger partial charge is 0.221 e. The van der Waals surface area contributed by atoms with Crippen molar-refractivity contribution in [2.75, 3.05) is 10.6 Å². The number of nitrogens with one attached hydrogen (secondary N) is 3. The fourth-order valence-electron chi connectivity index (χ4n) is 1.80. The molecular formula is C14H15N7O. The molecule has 0 aliphatic carbocycles. The number of aromatic amines is 1. The van der Waals surface area contributed by atoms with Gasteiger partial charge in [0.15, 0.2) is 0 Å². The lowest BCUT2D eigenvalue weighted by Crippen LogP contribution is -2.08. The summed E-state index contributed by atoms with van der Waals surface area (Å²) in [5.41, 5.74) is 3.65. The van der Waals surface area contributed by atoms with Gasteiger partial charge in [0.05, 0.1) is 11.4 Å². The number of anilines is 2. The Morgan fingerprint density at radius 2 is 2.00 bits per heavy atom. The van der Waals surface area contributed by atoms with Crippen molar-refractivity contribution in [3.05, 3.63) is 35.3 Å². The molecule has 1 heterocycles. The third-order valence-electron chi connectivity index (χ3n) is 3.02. The summed E-state index contributed by atoms with van der Waals surface area (Å²) in [7, 11) is 0. The Bertz CT molecular complexity index is 756. The number of aryl methyl sites for hydroxylation is 2. The SMILES string of the molecule is CC(=O)Nc1cc(C)c(C)cc1NC=C(C#N)c1nn[nH]n1. The number of amides is 1. The van der Waals surface area contributed by atoms with Crippen molar-refractivity contribution in [1.82, 2.24) is 20.6 Å². The average molecular weight is 297 g/mol. The molecule has 8 nitrogen and oxygen atoms in total. The van der Waals surface area contributed by atoms with E-state index >= 15 is 0 Å². The third-order valence-corrected chi connectivity index (χ3v) is 3.02. The Morgan fingerprint density at radius 3 is 2.55 bits per heavy atom. The molecule has 2 aromatic rings. The molecule has 2 rings (SSSR count). The van der Waals surface area contributed by atoms with Gasteiger partial charge in [-0.1, -0.05) is 0 Å². The van der Waals surface area contributed by atoms with E-state index in [1.165, 1.54) is 13.1 Å². The van der Waals surface area contributed by atoms with Crippen LogP contribution in [0.15, 0.2) is 18.3 Å². The van der Waals surface area contributed by atoms with Gasteiger partial charge in [0, 0.05) is 13.1 Å². The zero-order valence-corrected chi connectivity index (χ0v) is 12.4. The number of H-pyrrole nitrogens is 1. The molecule has 0 aliphatic heterocycles. The van der Waals surface area contributed by atoms with Crippen LogP contribution in [0.2, 0.25) is 0 Å². The number of nitriles is 1. The predicted molar refractivity (Wildman–Crippen MR) is 81.6 cm³/mol. The standard InChI is InChI=1S/C14H15N7O/c1-8-4-12(13(5-9(8)2)17-10(3)22)16-7-11(6-15)14-18-20-21-19-14/h4-5,7,16H,1-3H3,(H,17,22)(H,18,19,20,21). The zero-order chi connectivity index (χ0) is 16.1. The molecule has 0 fully saturated rings. The molecule has 8 heteroatoms. The second kappa shape index (κ2) is 6.49. The van der Waals surface area contributed by atoms with Crippen molar-refractivity contribution in [1.29, 1.82) is 5.26 Å². The van der Waals surface area contributed by atoms with Crippen molar-refractivity contribution in [3.63, 3.8) is 0 Å². The fourth-order valence-corrected chi connectivity index (χ4v) is 1.80. The van der Waals surface area contributed by atoms with Crippen LogP contribution in [-0.2, 0) is 4.79 Å². The summed E-state index contributed by atoms with van der Waals surface area (Å²) in [4.78, 5) is 11.3. The third kappa shape index (κ3) is 3.46. The van der Waals surface area contributed by atoms with Crippen LogP contribution in [0, 0.1) is 25.2 Å². The molecule has 0 unspecified atom stereocenters. The van der Waals surface area contributed by atoms with E-state index in [0.717, 1.165) is 11.1 Å². The molecule has 0 aliphatic rings. The second-order valence-electron chi connectivity index (χ2n) is 4.71. The van der Waals surface area contributed by atoms with Gasteiger partial charge in [-0.2, -0.15) is 10.5 Å². The number of aromatic nitrogens is 4. The molecule has 0 saturated carbocycles. The molecule has 1 aromatic heterocycles. The summed E-state index contributed by atoms with van der Waals surface area (Å²) >= 11 is 0. The van der Waals surface area contributed by atoms with Gasteiger partial charge in [0.1, 0.15) is 11.6 Å². The zero-order valence-electron chi connectivity index (χ0n) is 12.4. The summed E-state index contributed by atoms with van der Waals surface area (Å²) in [6.45, 7) is 5.36. The number of hydrogen-bond donors (Lipinski definition) is 3. The summed E-state index contributed by atoms with van der Waals surface area (Å²) in [5, 5.41) is 28.1. The highest BCUT2D eigenvalue weighted by Crippen LogP contribution is 2.26. The fraction of sp³-hybridized carbons (Fsp3) is 0.214. The summed E-state index contributed by atoms with van der Waals surface area (Å²) < 4.78 is 0. The van der Waals surface area contributed by atoms with Crippen molar-refractivity contribution in [2.24, 2.45) is 0 Å². The highest BCUT2D eigenvalue weighted by atomic mass is 16.1. The quantitative estimate of drug-likeness (QED) is 0.740. The molecule has 0 radical (unpaired) electrons. The van der Waals surface area contributed by atoms with Gasteiger partial charge in [0.25, 0.3) is 0 Å². The minimum absolute atomic E-state index is 0.172. The van der Waals surface area contributed by atoms with E-state index in [1.807, 2.05) is 32.0 Å². The van der Waals surface area contributed by atoms with Crippen LogP contribution in [0.3, 0.4) is 0 Å². The van der Waals surface area contributed by atoms with Gasteiger partial charge in [0.2, 0.25) is 11.7 Å². The Balaban J connectivity index is 2.34. The highest BCUT2D eigenvalue weighted by molar-refractivity contribution is 5.93. The van der Waals surface area contributed by atoms with Gasteiger partial charge in [-0.3, -0.25) is 4.79 Å². The molecule has 0 saturated heterocycles. The molecule has 22 heavy (non-hydrogen) atoms. The van der Waals surface area contributed by atoms with Crippen molar-refractivity contribution in [3.8, 4) is 6.07 Å². The number of benzene rings is 1. The lowest BCUT2D eigenvalue weighted by atomic mass is 10.1. The Labute approximate surface area is 127 Å². The molecule has 0 atom stereocenters. The maximum absolute atomic E-state index is 11.3. The number of carbonyl (C=O) groups is 1. The van der Waals surface area contributed by atoms with E-state index in [2.05, 4.69) is 31.3 Å². The van der Waals surface area contributed by atoms with Crippen LogP contribution < -0.4 is 10.6 Å². The Hall–Kier alpha value is -3.21. The van der Waals surface area contributed by atoms with E-state index in [4.69, 9.17) is 5.26 Å². The van der Waals surface area contributed by atoms with E-state index < -0.39 is 0 Å². The maximum Gasteiger partial charge on any atom is 0.221 e. The van der Waals surface area contributed by atoms with Crippen LogP contribution in [0.4, 0.5) is 11.4 Å². The van der Waals surface area contributed by atoms with E-state index in [1.54, 1.807) is 0 Å². The van der Waals surface area contributed by atoms with Crippen LogP contribution in [-0.4, -0.2) is 26.5 Å². The number of allylic oxidation sites excluding steroid dienone is 1. The van der Waals surface area contributed by atoms with Crippen molar-refractivity contribution >= 4 is 22.9 Å². The molecular weight excluding hydrogens is 282 g/mol. The lowest BCUT2D eigenvalue weighted by Gasteiger charge is -2.13. The summed E-state index contributed by atoms with van der Waals surface area (Å²) in [5.74, 6) is 0.0221. The number of nitrogens with zero attached hydrogens (tertiary/aromatic N) is 4. The normalized spacial score (nSPS) is 10.9. The molecule has 3 N–H and O–H groups in total. The Morgan fingerprint density at radius 1 is 1.32 bits per heavy atom. The van der Waals surface area contributed by atoms with Gasteiger partial charge in [-0.05, 0) is 42.3 Å². The largest absolute Gasteiger partial charge is 0.359 e.